The minimum absolute atomic E-state index is 0.118. The third-order valence-corrected chi connectivity index (χ3v) is 3.10. The van der Waals surface area contributed by atoms with E-state index in [4.69, 9.17) is 10.8 Å². The molecule has 0 aliphatic carbocycles. The van der Waals surface area contributed by atoms with Crippen LogP contribution in [0.5, 0.6) is 0 Å². The first-order valence-electron chi connectivity index (χ1n) is 5.30. The number of aliphatic hydroxyl groups excluding tert-OH is 1. The van der Waals surface area contributed by atoms with E-state index in [1.54, 1.807) is 0 Å². The number of imidazole rings is 1. The molecule has 0 fully saturated rings. The molecule has 4 N–H and O–H groups in total. The normalized spacial score (nSPS) is 12.7. The summed E-state index contributed by atoms with van der Waals surface area (Å²) in [6, 6.07) is 7.45. The number of benzene rings is 1. The van der Waals surface area contributed by atoms with Crippen LogP contribution in [-0.2, 0) is 0 Å². The van der Waals surface area contributed by atoms with Gasteiger partial charge in [-0.3, -0.25) is 0 Å². The summed E-state index contributed by atoms with van der Waals surface area (Å²) in [4.78, 5) is 7.53. The summed E-state index contributed by atoms with van der Waals surface area (Å²) in [7, 11) is 0. The fourth-order valence-corrected chi connectivity index (χ4v) is 1.90. The van der Waals surface area contributed by atoms with Crippen molar-refractivity contribution in [1.29, 1.82) is 0 Å². The first-order valence-corrected chi connectivity index (χ1v) is 6.10. The van der Waals surface area contributed by atoms with E-state index in [2.05, 4.69) is 25.9 Å². The molecule has 2 rings (SSSR count). The molecule has 0 bridgehead atoms. The molecule has 0 saturated carbocycles. The predicted molar refractivity (Wildman–Crippen MR) is 70.5 cm³/mol. The number of aryl methyl sites for hydroxylation is 1. The second-order valence-electron chi connectivity index (χ2n) is 3.89. The number of halogens is 1. The number of nitrogens with zero attached hydrogens (tertiary/aromatic N) is 1. The van der Waals surface area contributed by atoms with Gasteiger partial charge < -0.3 is 15.8 Å². The van der Waals surface area contributed by atoms with Crippen molar-refractivity contribution >= 4 is 15.9 Å². The van der Waals surface area contributed by atoms with E-state index in [-0.39, 0.29) is 6.61 Å². The highest BCUT2D eigenvalue weighted by Crippen LogP contribution is 2.24. The van der Waals surface area contributed by atoms with E-state index in [0.717, 1.165) is 21.4 Å². The Morgan fingerprint density at radius 1 is 1.41 bits per heavy atom. The highest BCUT2D eigenvalue weighted by atomic mass is 79.9. The highest BCUT2D eigenvalue weighted by Gasteiger charge is 2.13. The van der Waals surface area contributed by atoms with Gasteiger partial charge in [-0.15, -0.1) is 0 Å². The van der Waals surface area contributed by atoms with Crippen molar-refractivity contribution in [2.75, 3.05) is 6.61 Å². The number of nitrogens with two attached hydrogens (primary N) is 1. The van der Waals surface area contributed by atoms with Gasteiger partial charge in [0.1, 0.15) is 5.82 Å². The lowest BCUT2D eigenvalue weighted by atomic mass is 10.1. The summed E-state index contributed by atoms with van der Waals surface area (Å²) in [6.07, 6.45) is 0. The maximum Gasteiger partial charge on any atom is 0.126 e. The molecule has 0 radical (unpaired) electrons. The number of aliphatic hydroxyl groups is 1. The van der Waals surface area contributed by atoms with Crippen molar-refractivity contribution in [1.82, 2.24) is 9.97 Å². The van der Waals surface area contributed by atoms with Gasteiger partial charge in [0.15, 0.2) is 0 Å². The van der Waals surface area contributed by atoms with Gasteiger partial charge in [0.25, 0.3) is 0 Å². The molecule has 1 atom stereocenters. The molecule has 0 aliphatic heterocycles. The molecule has 17 heavy (non-hydrogen) atoms. The van der Waals surface area contributed by atoms with Gasteiger partial charge in [0.2, 0.25) is 0 Å². The van der Waals surface area contributed by atoms with Crippen molar-refractivity contribution in [3.05, 3.63) is 40.3 Å². The van der Waals surface area contributed by atoms with Crippen LogP contribution in [0.1, 0.15) is 17.6 Å². The molecule has 0 saturated heterocycles. The number of aromatic amines is 1. The average Bonchev–Trinajstić information content (AvgIpc) is 2.71. The van der Waals surface area contributed by atoms with E-state index in [1.165, 1.54) is 0 Å². The van der Waals surface area contributed by atoms with Crippen molar-refractivity contribution < 1.29 is 5.11 Å². The summed E-state index contributed by atoms with van der Waals surface area (Å²) in [6.45, 7) is 1.82. The SMILES string of the molecule is Cc1[nH]c(C(N)CO)nc1-c1ccc(Br)cc1. The molecule has 2 aromatic rings. The van der Waals surface area contributed by atoms with Gasteiger partial charge in [-0.05, 0) is 19.1 Å². The smallest absolute Gasteiger partial charge is 0.126 e. The maximum atomic E-state index is 9.00. The monoisotopic (exact) mass is 295 g/mol. The summed E-state index contributed by atoms with van der Waals surface area (Å²) in [5, 5.41) is 9.00. The Morgan fingerprint density at radius 2 is 2.06 bits per heavy atom. The Balaban J connectivity index is 2.39. The van der Waals surface area contributed by atoms with Crippen molar-refractivity contribution in [3.63, 3.8) is 0 Å². The number of H-pyrrole nitrogens is 1. The molecule has 1 heterocycles. The van der Waals surface area contributed by atoms with Crippen LogP contribution in [0.15, 0.2) is 28.7 Å². The molecule has 1 aromatic carbocycles. The minimum Gasteiger partial charge on any atom is -0.394 e. The molecule has 1 unspecified atom stereocenters. The zero-order valence-electron chi connectivity index (χ0n) is 9.44. The van der Waals surface area contributed by atoms with Gasteiger partial charge in [-0.25, -0.2) is 4.98 Å². The molecule has 0 amide bonds. The fourth-order valence-electron chi connectivity index (χ4n) is 1.63. The zero-order chi connectivity index (χ0) is 12.4. The number of rotatable bonds is 3. The standard InChI is InChI=1S/C12H14BrN3O/c1-7-11(8-2-4-9(13)5-3-8)16-12(15-7)10(14)6-17/h2-5,10,17H,6,14H2,1H3,(H,15,16). The van der Waals surface area contributed by atoms with E-state index in [1.807, 2.05) is 31.2 Å². The lowest BCUT2D eigenvalue weighted by molar-refractivity contribution is 0.264. The number of hydrogen-bond acceptors (Lipinski definition) is 3. The average molecular weight is 296 g/mol. The van der Waals surface area contributed by atoms with Gasteiger partial charge in [0, 0.05) is 15.7 Å². The van der Waals surface area contributed by atoms with Gasteiger partial charge in [0.05, 0.1) is 18.3 Å². The number of aromatic nitrogens is 2. The van der Waals surface area contributed by atoms with Crippen LogP contribution in [0.25, 0.3) is 11.3 Å². The highest BCUT2D eigenvalue weighted by molar-refractivity contribution is 9.10. The summed E-state index contributed by atoms with van der Waals surface area (Å²) < 4.78 is 1.03. The van der Waals surface area contributed by atoms with E-state index in [9.17, 15) is 0 Å². The van der Waals surface area contributed by atoms with Crippen LogP contribution in [0.2, 0.25) is 0 Å². The van der Waals surface area contributed by atoms with Crippen LogP contribution in [0.4, 0.5) is 0 Å². The Labute approximate surface area is 108 Å². The molecule has 1 aromatic heterocycles. The Hall–Kier alpha value is -1.17. The van der Waals surface area contributed by atoms with Gasteiger partial charge in [-0.2, -0.15) is 0 Å². The molecular formula is C12H14BrN3O. The zero-order valence-corrected chi connectivity index (χ0v) is 11.0. The Morgan fingerprint density at radius 3 is 2.65 bits per heavy atom. The largest absolute Gasteiger partial charge is 0.394 e. The van der Waals surface area contributed by atoms with Crippen molar-refractivity contribution in [2.24, 2.45) is 5.73 Å². The van der Waals surface area contributed by atoms with Crippen LogP contribution in [0.3, 0.4) is 0 Å². The molecule has 5 heteroatoms. The lowest BCUT2D eigenvalue weighted by Gasteiger charge is -2.02. The fraction of sp³-hybridized carbons (Fsp3) is 0.250. The molecule has 0 aliphatic rings. The van der Waals surface area contributed by atoms with Gasteiger partial charge in [-0.1, -0.05) is 28.1 Å². The number of nitrogens with one attached hydrogen (secondary N) is 1. The topological polar surface area (TPSA) is 74.9 Å². The minimum atomic E-state index is -0.460. The third kappa shape index (κ3) is 2.57. The number of hydrogen-bond donors (Lipinski definition) is 3. The van der Waals surface area contributed by atoms with Gasteiger partial charge >= 0.3 is 0 Å². The maximum absolute atomic E-state index is 9.00. The van der Waals surface area contributed by atoms with Crippen LogP contribution in [0, 0.1) is 6.92 Å². The van der Waals surface area contributed by atoms with E-state index >= 15 is 0 Å². The molecule has 90 valence electrons. The van der Waals surface area contributed by atoms with Crippen LogP contribution in [-0.4, -0.2) is 21.7 Å². The second kappa shape index (κ2) is 5.00. The second-order valence-corrected chi connectivity index (χ2v) is 4.81. The van der Waals surface area contributed by atoms with Crippen LogP contribution < -0.4 is 5.73 Å². The lowest BCUT2D eigenvalue weighted by Crippen LogP contribution is -2.16. The summed E-state index contributed by atoms with van der Waals surface area (Å²) in [5.41, 5.74) is 8.58. The van der Waals surface area contributed by atoms with E-state index < -0.39 is 6.04 Å². The van der Waals surface area contributed by atoms with Crippen molar-refractivity contribution in [2.45, 2.75) is 13.0 Å². The Kier molecular flexibility index (Phi) is 3.61. The quantitative estimate of drug-likeness (QED) is 0.812. The van der Waals surface area contributed by atoms with E-state index in [0.29, 0.717) is 5.82 Å². The van der Waals surface area contributed by atoms with Crippen LogP contribution >= 0.6 is 15.9 Å². The molecule has 0 spiro atoms. The van der Waals surface area contributed by atoms with Crippen molar-refractivity contribution in [3.8, 4) is 11.3 Å². The Bertz CT molecular complexity index is 507. The summed E-state index contributed by atoms with van der Waals surface area (Å²) >= 11 is 3.39. The molecule has 4 nitrogen and oxygen atoms in total. The first kappa shape index (κ1) is 12.3. The summed E-state index contributed by atoms with van der Waals surface area (Å²) in [5.74, 6) is 0.614. The predicted octanol–water partition coefficient (Wildman–Crippen LogP) is 2.14. The first-order chi connectivity index (χ1) is 8.11. The molecular weight excluding hydrogens is 282 g/mol. The third-order valence-electron chi connectivity index (χ3n) is 2.57.